The number of fused-ring (bicyclic) bond motifs is 1. The van der Waals surface area contributed by atoms with E-state index in [2.05, 4.69) is 9.88 Å². The number of pyridine rings is 1. The van der Waals surface area contributed by atoms with Crippen LogP contribution in [-0.2, 0) is 6.54 Å². The SMILES string of the molecule is NC(=O)c1ccc2nc(CN3CCCC3)ccc2c1. The van der Waals surface area contributed by atoms with E-state index in [1.165, 1.54) is 25.9 Å². The topological polar surface area (TPSA) is 59.2 Å². The van der Waals surface area contributed by atoms with E-state index in [-0.39, 0.29) is 0 Å². The first kappa shape index (κ1) is 12.1. The van der Waals surface area contributed by atoms with Gasteiger partial charge in [-0.25, -0.2) is 0 Å². The van der Waals surface area contributed by atoms with E-state index in [4.69, 9.17) is 5.73 Å². The predicted octanol–water partition coefficient (Wildman–Crippen LogP) is 1.93. The summed E-state index contributed by atoms with van der Waals surface area (Å²) in [6, 6.07) is 9.44. The molecule has 2 heterocycles. The van der Waals surface area contributed by atoms with Crippen molar-refractivity contribution in [2.24, 2.45) is 5.73 Å². The molecule has 0 radical (unpaired) electrons. The number of hydrogen-bond acceptors (Lipinski definition) is 3. The number of carbonyl (C=O) groups is 1. The Morgan fingerprint density at radius 1 is 1.21 bits per heavy atom. The van der Waals surface area contributed by atoms with Gasteiger partial charge in [-0.2, -0.15) is 0 Å². The normalized spacial score (nSPS) is 16.0. The Balaban J connectivity index is 1.88. The molecule has 0 unspecified atom stereocenters. The predicted molar refractivity (Wildman–Crippen MR) is 74.8 cm³/mol. The lowest BCUT2D eigenvalue weighted by Crippen LogP contribution is -2.19. The number of hydrogen-bond donors (Lipinski definition) is 1. The second-order valence-electron chi connectivity index (χ2n) is 5.06. The summed E-state index contributed by atoms with van der Waals surface area (Å²) in [5.41, 5.74) is 7.81. The second-order valence-corrected chi connectivity index (χ2v) is 5.06. The third-order valence-electron chi connectivity index (χ3n) is 3.62. The van der Waals surface area contributed by atoms with Crippen LogP contribution >= 0.6 is 0 Å². The van der Waals surface area contributed by atoms with E-state index >= 15 is 0 Å². The van der Waals surface area contributed by atoms with Gasteiger partial charge in [-0.05, 0) is 50.2 Å². The largest absolute Gasteiger partial charge is 0.366 e. The standard InChI is InChI=1S/C15H17N3O/c16-15(19)12-4-6-14-11(9-12)3-5-13(17-14)10-18-7-1-2-8-18/h3-6,9H,1-2,7-8,10H2,(H2,16,19). The van der Waals surface area contributed by atoms with E-state index in [1.54, 1.807) is 12.1 Å². The van der Waals surface area contributed by atoms with Crippen LogP contribution in [0.15, 0.2) is 30.3 Å². The maximum atomic E-state index is 11.1. The molecule has 4 heteroatoms. The van der Waals surface area contributed by atoms with Gasteiger partial charge in [-0.3, -0.25) is 14.7 Å². The Morgan fingerprint density at radius 3 is 2.74 bits per heavy atom. The average molecular weight is 255 g/mol. The molecule has 19 heavy (non-hydrogen) atoms. The molecule has 1 aromatic carbocycles. The summed E-state index contributed by atoms with van der Waals surface area (Å²) < 4.78 is 0. The lowest BCUT2D eigenvalue weighted by atomic mass is 10.1. The molecule has 1 fully saturated rings. The molecule has 1 aliphatic heterocycles. The number of aromatic nitrogens is 1. The Morgan fingerprint density at radius 2 is 2.00 bits per heavy atom. The van der Waals surface area contributed by atoms with Crippen molar-refractivity contribution >= 4 is 16.8 Å². The van der Waals surface area contributed by atoms with Gasteiger partial charge >= 0.3 is 0 Å². The molecule has 2 aromatic rings. The maximum Gasteiger partial charge on any atom is 0.248 e. The van der Waals surface area contributed by atoms with Crippen molar-refractivity contribution in [2.75, 3.05) is 13.1 Å². The molecule has 0 spiro atoms. The van der Waals surface area contributed by atoms with Crippen LogP contribution in [0.5, 0.6) is 0 Å². The first-order valence-corrected chi connectivity index (χ1v) is 6.64. The zero-order valence-electron chi connectivity index (χ0n) is 10.8. The molecule has 1 amide bonds. The molecule has 4 nitrogen and oxygen atoms in total. The summed E-state index contributed by atoms with van der Waals surface area (Å²) in [6.45, 7) is 3.24. The highest BCUT2D eigenvalue weighted by molar-refractivity contribution is 5.96. The lowest BCUT2D eigenvalue weighted by Gasteiger charge is -2.14. The first-order chi connectivity index (χ1) is 9.22. The fourth-order valence-electron chi connectivity index (χ4n) is 2.58. The zero-order valence-corrected chi connectivity index (χ0v) is 10.8. The molecule has 3 rings (SSSR count). The van der Waals surface area contributed by atoms with Gasteiger partial charge in [0.05, 0.1) is 11.2 Å². The van der Waals surface area contributed by atoms with Crippen LogP contribution < -0.4 is 5.73 Å². The van der Waals surface area contributed by atoms with Crippen molar-refractivity contribution in [3.8, 4) is 0 Å². The van der Waals surface area contributed by atoms with Gasteiger partial charge in [0.15, 0.2) is 0 Å². The van der Waals surface area contributed by atoms with Gasteiger partial charge in [0, 0.05) is 17.5 Å². The first-order valence-electron chi connectivity index (χ1n) is 6.64. The molecule has 0 aliphatic carbocycles. The van der Waals surface area contributed by atoms with Crippen LogP contribution in [0, 0.1) is 0 Å². The molecule has 1 saturated heterocycles. The highest BCUT2D eigenvalue weighted by Gasteiger charge is 2.12. The lowest BCUT2D eigenvalue weighted by molar-refractivity contribution is 0.100. The van der Waals surface area contributed by atoms with E-state index in [0.717, 1.165) is 23.1 Å². The summed E-state index contributed by atoms with van der Waals surface area (Å²) in [5.74, 6) is -0.400. The van der Waals surface area contributed by atoms with E-state index < -0.39 is 5.91 Å². The summed E-state index contributed by atoms with van der Waals surface area (Å²) in [4.78, 5) is 18.2. The quantitative estimate of drug-likeness (QED) is 0.911. The van der Waals surface area contributed by atoms with Crippen LogP contribution in [0.1, 0.15) is 28.9 Å². The van der Waals surface area contributed by atoms with Crippen LogP contribution in [0.4, 0.5) is 0 Å². The van der Waals surface area contributed by atoms with Crippen molar-refractivity contribution in [2.45, 2.75) is 19.4 Å². The zero-order chi connectivity index (χ0) is 13.2. The van der Waals surface area contributed by atoms with Crippen LogP contribution in [-0.4, -0.2) is 28.9 Å². The Hall–Kier alpha value is -1.94. The number of nitrogens with zero attached hydrogens (tertiary/aromatic N) is 2. The van der Waals surface area contributed by atoms with E-state index in [0.29, 0.717) is 5.56 Å². The fraction of sp³-hybridized carbons (Fsp3) is 0.333. The number of primary amides is 1. The number of rotatable bonds is 3. The molecular formula is C15H17N3O. The Kier molecular flexibility index (Phi) is 3.17. The Labute approximate surface area is 112 Å². The van der Waals surface area contributed by atoms with Gasteiger partial charge in [0.1, 0.15) is 0 Å². The van der Waals surface area contributed by atoms with Gasteiger partial charge in [0.2, 0.25) is 5.91 Å². The minimum atomic E-state index is -0.400. The molecule has 2 N–H and O–H groups in total. The maximum absolute atomic E-state index is 11.1. The molecule has 1 aliphatic rings. The summed E-state index contributed by atoms with van der Waals surface area (Å²) in [5, 5.41) is 0.960. The minimum Gasteiger partial charge on any atom is -0.366 e. The fourth-order valence-corrected chi connectivity index (χ4v) is 2.58. The smallest absolute Gasteiger partial charge is 0.248 e. The molecule has 0 atom stereocenters. The van der Waals surface area contributed by atoms with Crippen LogP contribution in [0.2, 0.25) is 0 Å². The molecule has 98 valence electrons. The van der Waals surface area contributed by atoms with Crippen molar-refractivity contribution in [1.82, 2.24) is 9.88 Å². The monoisotopic (exact) mass is 255 g/mol. The van der Waals surface area contributed by atoms with Crippen molar-refractivity contribution in [3.05, 3.63) is 41.6 Å². The number of likely N-dealkylation sites (tertiary alicyclic amines) is 1. The third-order valence-corrected chi connectivity index (χ3v) is 3.62. The summed E-state index contributed by atoms with van der Waals surface area (Å²) in [7, 11) is 0. The van der Waals surface area contributed by atoms with Crippen molar-refractivity contribution in [3.63, 3.8) is 0 Å². The number of carbonyl (C=O) groups excluding carboxylic acids is 1. The third kappa shape index (κ3) is 2.58. The minimum absolute atomic E-state index is 0.400. The van der Waals surface area contributed by atoms with Crippen LogP contribution in [0.3, 0.4) is 0 Å². The van der Waals surface area contributed by atoms with Gasteiger partial charge < -0.3 is 5.73 Å². The highest BCUT2D eigenvalue weighted by Crippen LogP contribution is 2.17. The summed E-state index contributed by atoms with van der Waals surface area (Å²) >= 11 is 0. The number of nitrogens with two attached hydrogens (primary N) is 1. The van der Waals surface area contributed by atoms with Crippen molar-refractivity contribution in [1.29, 1.82) is 0 Å². The van der Waals surface area contributed by atoms with Crippen molar-refractivity contribution < 1.29 is 4.79 Å². The van der Waals surface area contributed by atoms with Crippen LogP contribution in [0.25, 0.3) is 10.9 Å². The van der Waals surface area contributed by atoms with Gasteiger partial charge in [-0.15, -0.1) is 0 Å². The van der Waals surface area contributed by atoms with Gasteiger partial charge in [0.25, 0.3) is 0 Å². The second kappa shape index (κ2) is 4.97. The summed E-state index contributed by atoms with van der Waals surface area (Å²) in [6.07, 6.45) is 2.57. The molecule has 0 bridgehead atoms. The molecule has 0 saturated carbocycles. The van der Waals surface area contributed by atoms with Gasteiger partial charge in [-0.1, -0.05) is 6.07 Å². The number of amides is 1. The highest BCUT2D eigenvalue weighted by atomic mass is 16.1. The van der Waals surface area contributed by atoms with E-state index in [9.17, 15) is 4.79 Å². The van der Waals surface area contributed by atoms with E-state index in [1.807, 2.05) is 18.2 Å². The molecular weight excluding hydrogens is 238 g/mol. The average Bonchev–Trinajstić information content (AvgIpc) is 2.91. The Bertz CT molecular complexity index is 618. The molecule has 1 aromatic heterocycles. The number of benzene rings is 1.